The number of aromatic nitrogens is 3. The Morgan fingerprint density at radius 3 is 2.65 bits per heavy atom. The van der Waals surface area contributed by atoms with Gasteiger partial charge in [-0.15, -0.1) is 0 Å². The number of nitrogen functional groups attached to an aromatic ring is 1. The van der Waals surface area contributed by atoms with Crippen LogP contribution in [0.3, 0.4) is 0 Å². The van der Waals surface area contributed by atoms with Crippen LogP contribution in [0.15, 0.2) is 18.3 Å². The third kappa shape index (κ3) is 2.76. The molecule has 0 aliphatic carbocycles. The molecule has 0 aromatic carbocycles. The lowest BCUT2D eigenvalue weighted by Gasteiger charge is -2.07. The molecule has 2 aromatic heterocycles. The van der Waals surface area contributed by atoms with Crippen molar-refractivity contribution in [1.29, 1.82) is 0 Å². The number of imidazole rings is 1. The van der Waals surface area contributed by atoms with Crippen LogP contribution < -0.4 is 10.5 Å². The summed E-state index contributed by atoms with van der Waals surface area (Å²) < 4.78 is 7.18. The van der Waals surface area contributed by atoms with Crippen molar-refractivity contribution in [3.63, 3.8) is 0 Å². The highest BCUT2D eigenvalue weighted by atomic mass is 16.5. The standard InChI is InChI=1S/C15H22N4O/c1-4-6-9-19-12(5-2)18-14(15(19)16)11-7-8-13(20-3)17-10-11/h7-8,10H,4-6,9,16H2,1-3H3. The molecular formula is C15H22N4O. The smallest absolute Gasteiger partial charge is 0.212 e. The van der Waals surface area contributed by atoms with E-state index < -0.39 is 0 Å². The van der Waals surface area contributed by atoms with E-state index in [0.29, 0.717) is 5.88 Å². The SMILES string of the molecule is CCCCn1c(CC)nc(-c2ccc(OC)nc2)c1N. The molecule has 20 heavy (non-hydrogen) atoms. The van der Waals surface area contributed by atoms with Gasteiger partial charge in [-0.3, -0.25) is 0 Å². The summed E-state index contributed by atoms with van der Waals surface area (Å²) in [5, 5.41) is 0. The number of hydrogen-bond acceptors (Lipinski definition) is 4. The van der Waals surface area contributed by atoms with Gasteiger partial charge >= 0.3 is 0 Å². The number of aryl methyl sites for hydroxylation is 1. The van der Waals surface area contributed by atoms with Crippen molar-refractivity contribution in [2.75, 3.05) is 12.8 Å². The third-order valence-corrected chi connectivity index (χ3v) is 3.36. The maximum absolute atomic E-state index is 6.26. The first kappa shape index (κ1) is 14.4. The molecule has 0 saturated heterocycles. The second-order valence-corrected chi connectivity index (χ2v) is 4.71. The fourth-order valence-corrected chi connectivity index (χ4v) is 2.20. The zero-order chi connectivity index (χ0) is 14.5. The second-order valence-electron chi connectivity index (χ2n) is 4.71. The monoisotopic (exact) mass is 274 g/mol. The van der Waals surface area contributed by atoms with Gasteiger partial charge in [-0.05, 0) is 12.5 Å². The molecule has 0 aliphatic heterocycles. The second kappa shape index (κ2) is 6.41. The van der Waals surface area contributed by atoms with Crippen LogP contribution >= 0.6 is 0 Å². The molecule has 0 unspecified atom stereocenters. The van der Waals surface area contributed by atoms with Gasteiger partial charge in [-0.1, -0.05) is 20.3 Å². The highest BCUT2D eigenvalue weighted by Crippen LogP contribution is 2.27. The van der Waals surface area contributed by atoms with Crippen molar-refractivity contribution in [3.8, 4) is 17.1 Å². The minimum Gasteiger partial charge on any atom is -0.481 e. The van der Waals surface area contributed by atoms with Crippen molar-refractivity contribution in [2.45, 2.75) is 39.7 Å². The van der Waals surface area contributed by atoms with Crippen molar-refractivity contribution >= 4 is 5.82 Å². The van der Waals surface area contributed by atoms with E-state index in [2.05, 4.69) is 28.4 Å². The number of pyridine rings is 1. The van der Waals surface area contributed by atoms with E-state index >= 15 is 0 Å². The lowest BCUT2D eigenvalue weighted by Crippen LogP contribution is -2.06. The summed E-state index contributed by atoms with van der Waals surface area (Å²) in [5.74, 6) is 2.34. The molecule has 108 valence electrons. The number of anilines is 1. The minimum absolute atomic E-state index is 0.591. The van der Waals surface area contributed by atoms with Crippen molar-refractivity contribution < 1.29 is 4.74 Å². The number of nitrogens with two attached hydrogens (primary N) is 1. The topological polar surface area (TPSA) is 66.0 Å². The Balaban J connectivity index is 2.37. The lowest BCUT2D eigenvalue weighted by molar-refractivity contribution is 0.398. The van der Waals surface area contributed by atoms with Crippen LogP contribution in [0.5, 0.6) is 5.88 Å². The quantitative estimate of drug-likeness (QED) is 0.879. The fourth-order valence-electron chi connectivity index (χ4n) is 2.20. The Morgan fingerprint density at radius 2 is 2.10 bits per heavy atom. The Morgan fingerprint density at radius 1 is 1.30 bits per heavy atom. The molecule has 2 aromatic rings. The molecule has 0 radical (unpaired) electrons. The zero-order valence-corrected chi connectivity index (χ0v) is 12.4. The highest BCUT2D eigenvalue weighted by Gasteiger charge is 2.15. The summed E-state index contributed by atoms with van der Waals surface area (Å²) in [7, 11) is 1.60. The first-order valence-corrected chi connectivity index (χ1v) is 7.06. The van der Waals surface area contributed by atoms with Crippen LogP contribution in [-0.4, -0.2) is 21.6 Å². The molecule has 2 N–H and O–H groups in total. The molecule has 5 heteroatoms. The highest BCUT2D eigenvalue weighted by molar-refractivity contribution is 5.70. The summed E-state index contributed by atoms with van der Waals surface area (Å²) in [6.07, 6.45) is 4.87. The molecule has 0 aliphatic rings. The first-order valence-electron chi connectivity index (χ1n) is 7.06. The van der Waals surface area contributed by atoms with Gasteiger partial charge in [0.15, 0.2) is 0 Å². The molecular weight excluding hydrogens is 252 g/mol. The molecule has 5 nitrogen and oxygen atoms in total. The number of rotatable bonds is 6. The molecule has 0 fully saturated rings. The molecule has 2 rings (SSSR count). The average molecular weight is 274 g/mol. The van der Waals surface area contributed by atoms with E-state index in [1.54, 1.807) is 13.3 Å². The van der Waals surface area contributed by atoms with Crippen molar-refractivity contribution in [2.24, 2.45) is 0 Å². The fraction of sp³-hybridized carbons (Fsp3) is 0.467. The van der Waals surface area contributed by atoms with Crippen LogP contribution in [0.25, 0.3) is 11.3 Å². The van der Waals surface area contributed by atoms with Crippen molar-refractivity contribution in [1.82, 2.24) is 14.5 Å². The van der Waals surface area contributed by atoms with Crippen LogP contribution in [0.2, 0.25) is 0 Å². The normalized spacial score (nSPS) is 10.8. The molecule has 0 spiro atoms. The summed E-state index contributed by atoms with van der Waals surface area (Å²) >= 11 is 0. The Bertz CT molecular complexity index is 560. The maximum Gasteiger partial charge on any atom is 0.212 e. The van der Waals surface area contributed by atoms with Gasteiger partial charge < -0.3 is 15.0 Å². The molecule has 0 atom stereocenters. The lowest BCUT2D eigenvalue weighted by atomic mass is 10.2. The van der Waals surface area contributed by atoms with Crippen LogP contribution in [-0.2, 0) is 13.0 Å². The van der Waals surface area contributed by atoms with Gasteiger partial charge in [-0.2, -0.15) is 0 Å². The van der Waals surface area contributed by atoms with E-state index in [1.165, 1.54) is 0 Å². The Hall–Kier alpha value is -2.04. The summed E-state index contributed by atoms with van der Waals surface area (Å²) in [5.41, 5.74) is 8.00. The van der Waals surface area contributed by atoms with Gasteiger partial charge in [0.25, 0.3) is 0 Å². The minimum atomic E-state index is 0.591. The predicted octanol–water partition coefficient (Wildman–Crippen LogP) is 2.90. The van der Waals surface area contributed by atoms with Crippen LogP contribution in [0.1, 0.15) is 32.5 Å². The van der Waals surface area contributed by atoms with Gasteiger partial charge in [0.2, 0.25) is 5.88 Å². The van der Waals surface area contributed by atoms with E-state index in [9.17, 15) is 0 Å². The Labute approximate surface area is 119 Å². The number of nitrogens with zero attached hydrogens (tertiary/aromatic N) is 3. The molecule has 2 heterocycles. The Kier molecular flexibility index (Phi) is 4.61. The van der Waals surface area contributed by atoms with Crippen LogP contribution in [0.4, 0.5) is 5.82 Å². The number of hydrogen-bond donors (Lipinski definition) is 1. The number of methoxy groups -OCH3 is 1. The summed E-state index contributed by atoms with van der Waals surface area (Å²) in [6, 6.07) is 3.76. The zero-order valence-electron chi connectivity index (χ0n) is 12.4. The number of unbranched alkanes of at least 4 members (excludes halogenated alkanes) is 1. The van der Waals surface area contributed by atoms with E-state index in [0.717, 1.165) is 48.7 Å². The number of ether oxygens (including phenoxy) is 1. The van der Waals surface area contributed by atoms with E-state index in [4.69, 9.17) is 10.5 Å². The predicted molar refractivity (Wildman–Crippen MR) is 80.7 cm³/mol. The van der Waals surface area contributed by atoms with Crippen molar-refractivity contribution in [3.05, 3.63) is 24.2 Å². The largest absolute Gasteiger partial charge is 0.481 e. The summed E-state index contributed by atoms with van der Waals surface area (Å²) in [4.78, 5) is 8.88. The van der Waals surface area contributed by atoms with Gasteiger partial charge in [-0.25, -0.2) is 9.97 Å². The first-order chi connectivity index (χ1) is 9.71. The van der Waals surface area contributed by atoms with Gasteiger partial charge in [0, 0.05) is 30.8 Å². The average Bonchev–Trinajstić information content (AvgIpc) is 2.81. The van der Waals surface area contributed by atoms with Gasteiger partial charge in [0.05, 0.1) is 7.11 Å². The molecule has 0 bridgehead atoms. The van der Waals surface area contributed by atoms with E-state index in [-0.39, 0.29) is 0 Å². The van der Waals surface area contributed by atoms with Crippen LogP contribution in [0, 0.1) is 0 Å². The van der Waals surface area contributed by atoms with E-state index in [1.807, 2.05) is 12.1 Å². The van der Waals surface area contributed by atoms with Gasteiger partial charge in [0.1, 0.15) is 17.3 Å². The maximum atomic E-state index is 6.26. The molecule has 0 amide bonds. The third-order valence-electron chi connectivity index (χ3n) is 3.36. The molecule has 0 saturated carbocycles. The summed E-state index contributed by atoms with van der Waals surface area (Å²) in [6.45, 7) is 5.19.